The van der Waals surface area contributed by atoms with Gasteiger partial charge in [0.05, 0.1) is 38.1 Å². The van der Waals surface area contributed by atoms with Crippen LogP contribution in [0.25, 0.3) is 0 Å². The summed E-state index contributed by atoms with van der Waals surface area (Å²) in [6.07, 6.45) is -9.14. The van der Waals surface area contributed by atoms with Crippen molar-refractivity contribution in [1.29, 1.82) is 0 Å². The fourth-order valence-electron chi connectivity index (χ4n) is 8.45. The van der Waals surface area contributed by atoms with E-state index in [1.165, 1.54) is 13.1 Å². The van der Waals surface area contributed by atoms with Gasteiger partial charge in [-0.15, -0.1) is 0 Å². The molecule has 69 heavy (non-hydrogen) atoms. The molecule has 19 nitrogen and oxygen atoms in total. The number of amides is 1. The van der Waals surface area contributed by atoms with Crippen molar-refractivity contribution in [2.24, 2.45) is 0 Å². The second-order valence-electron chi connectivity index (χ2n) is 20.8. The molecule has 4 fully saturated rings. The van der Waals surface area contributed by atoms with Gasteiger partial charge in [0.15, 0.2) is 26.6 Å². The summed E-state index contributed by atoms with van der Waals surface area (Å²) in [5, 5.41) is 2.77. The van der Waals surface area contributed by atoms with Crippen LogP contribution in [0.15, 0.2) is 82.5 Å². The molecule has 1 aromatic heterocycles. The Morgan fingerprint density at radius 2 is 1.51 bits per heavy atom. The zero-order valence-corrected chi connectivity index (χ0v) is 43.0. The summed E-state index contributed by atoms with van der Waals surface area (Å²) in [5.74, 6) is -2.12. The number of hydrogen-bond donors (Lipinski definition) is 1. The van der Waals surface area contributed by atoms with Crippen molar-refractivity contribution in [2.75, 3.05) is 19.4 Å². The van der Waals surface area contributed by atoms with Crippen molar-refractivity contribution in [3.8, 4) is 0 Å². The first-order chi connectivity index (χ1) is 32.2. The zero-order chi connectivity index (χ0) is 50.3. The van der Waals surface area contributed by atoms with Gasteiger partial charge in [0.25, 0.3) is 5.56 Å². The van der Waals surface area contributed by atoms with Crippen LogP contribution < -0.4 is 16.6 Å². The lowest BCUT2D eigenvalue weighted by molar-refractivity contribution is -0.312. The molecule has 4 saturated heterocycles. The first kappa shape index (κ1) is 52.6. The van der Waals surface area contributed by atoms with Crippen LogP contribution in [0.3, 0.4) is 0 Å². The minimum Gasteiger partial charge on any atom is -0.443 e. The van der Waals surface area contributed by atoms with Gasteiger partial charge >= 0.3 is 19.4 Å². The van der Waals surface area contributed by atoms with E-state index >= 15 is 4.57 Å². The molecule has 1 amide bonds. The Morgan fingerprint density at radius 1 is 0.855 bits per heavy atom. The van der Waals surface area contributed by atoms with Crippen LogP contribution in [-0.2, 0) is 67.4 Å². The Bertz CT molecular complexity index is 2490. The monoisotopic (exact) mass is 999 g/mol. The molecule has 7 rings (SSSR count). The first-order valence-electron chi connectivity index (χ1n) is 23.2. The summed E-state index contributed by atoms with van der Waals surface area (Å²) < 4.78 is 79.1. The van der Waals surface area contributed by atoms with Gasteiger partial charge in [0.1, 0.15) is 48.1 Å². The molecule has 1 unspecified atom stereocenters. The van der Waals surface area contributed by atoms with Gasteiger partial charge in [0, 0.05) is 31.2 Å². The van der Waals surface area contributed by atoms with E-state index in [0.717, 1.165) is 16.2 Å². The third-order valence-corrected chi connectivity index (χ3v) is 18.9. The maximum absolute atomic E-state index is 15.0. The van der Waals surface area contributed by atoms with Crippen LogP contribution >= 0.6 is 7.60 Å². The molecule has 3 aromatic rings. The number of hydrogen-bond acceptors (Lipinski definition) is 16. The average molecular weight is 1000 g/mol. The number of benzene rings is 2. The number of Topliss-reactive ketones (excluding diaryl/α,β-unsaturated/α-hetero) is 1. The SMILES string of the molecule is CC(=O)N[C@@H]1[C@@H](O[Si](C)(C)C(C)(C)C)[C@@H]2O[C@H](c3ccccc3)OC[C@H]2O[C@@H]1CC(=O)CP(=O)(OCc1ccccc1)OC[C@H]1O[C@@H](n2ccc(=O)n(C(=O)OC(C)(C)C)c2=O)[C@@H]2OC(C)(C)O[C@@H]21. The lowest BCUT2D eigenvalue weighted by Gasteiger charge is -2.52. The summed E-state index contributed by atoms with van der Waals surface area (Å²) in [5.41, 5.74) is -1.53. The largest absolute Gasteiger partial charge is 0.443 e. The molecule has 4 aliphatic heterocycles. The third kappa shape index (κ3) is 12.5. The number of rotatable bonds is 15. The van der Waals surface area contributed by atoms with Gasteiger partial charge < -0.3 is 51.9 Å². The van der Waals surface area contributed by atoms with Crippen molar-refractivity contribution in [3.63, 3.8) is 0 Å². The highest BCUT2D eigenvalue weighted by molar-refractivity contribution is 7.54. The van der Waals surface area contributed by atoms with E-state index in [2.05, 4.69) is 39.2 Å². The van der Waals surface area contributed by atoms with Crippen LogP contribution in [0.1, 0.15) is 92.4 Å². The smallest absolute Gasteiger partial charge is 0.425 e. The Labute approximate surface area is 403 Å². The Balaban J connectivity index is 1.14. The molecule has 0 radical (unpaired) electrons. The van der Waals surface area contributed by atoms with E-state index in [-0.39, 0.29) is 30.6 Å². The van der Waals surface area contributed by atoms with Crippen LogP contribution in [0, 0.1) is 0 Å². The van der Waals surface area contributed by atoms with Gasteiger partial charge in [-0.25, -0.2) is 9.59 Å². The van der Waals surface area contributed by atoms with Gasteiger partial charge in [0.2, 0.25) is 5.91 Å². The molecule has 0 bridgehead atoms. The second-order valence-corrected chi connectivity index (χ2v) is 27.6. The van der Waals surface area contributed by atoms with Gasteiger partial charge in [-0.3, -0.25) is 23.5 Å². The van der Waals surface area contributed by atoms with Crippen molar-refractivity contribution < 1.29 is 65.6 Å². The van der Waals surface area contributed by atoms with Crippen molar-refractivity contribution >= 4 is 33.7 Å². The van der Waals surface area contributed by atoms with Crippen LogP contribution in [-0.4, -0.2) is 115 Å². The van der Waals surface area contributed by atoms with Crippen LogP contribution in [0.4, 0.5) is 4.79 Å². The lowest BCUT2D eigenvalue weighted by Crippen LogP contribution is -2.69. The number of carbonyl (C=O) groups is 3. The highest BCUT2D eigenvalue weighted by Crippen LogP contribution is 2.52. The predicted molar refractivity (Wildman–Crippen MR) is 252 cm³/mol. The normalized spacial score (nSPS) is 28.8. The number of carbonyl (C=O) groups excluding carboxylic acids is 3. The standard InChI is InChI=1S/C48H66N3O16PSi/c1-29(52)49-37-33(61-34-26-58-43(31-20-16-13-17-21-31)63-38(34)40(37)67-69(10,11)47(5,6)7)24-32(53)28-68(57,59-25-30-18-14-12-15-19-30)60-27-35-39-41(65-48(8,9)64-39)42(62-35)50-23-22-36(54)51(44(50)55)45(56)66-46(2,3)4/h12-23,33-35,37-43H,24-28H2,1-11H3,(H,49,52)/t33-,34-,35-,37+,38-,39-,40-,41-,42-,43-,68?/m1/s1. The number of nitrogens with zero attached hydrogens (tertiary/aromatic N) is 2. The fraction of sp³-hybridized carbons (Fsp3) is 0.604. The lowest BCUT2D eigenvalue weighted by atomic mass is 9.89. The Morgan fingerprint density at radius 3 is 2.14 bits per heavy atom. The molecule has 378 valence electrons. The molecule has 5 heterocycles. The highest BCUT2D eigenvalue weighted by atomic mass is 31.2. The van der Waals surface area contributed by atoms with Gasteiger partial charge in [-0.2, -0.15) is 4.57 Å². The van der Waals surface area contributed by atoms with E-state index in [4.69, 9.17) is 46.6 Å². The summed E-state index contributed by atoms with van der Waals surface area (Å²) >= 11 is 0. The van der Waals surface area contributed by atoms with E-state index in [0.29, 0.717) is 10.1 Å². The third-order valence-electron chi connectivity index (χ3n) is 12.7. The molecule has 0 spiro atoms. The maximum Gasteiger partial charge on any atom is 0.425 e. The fourth-order valence-corrected chi connectivity index (χ4v) is 11.3. The number of ether oxygens (including phenoxy) is 7. The summed E-state index contributed by atoms with van der Waals surface area (Å²) in [7, 11) is -6.97. The quantitative estimate of drug-likeness (QED) is 0.129. The summed E-state index contributed by atoms with van der Waals surface area (Å²) in [6.45, 7) is 19.4. The number of nitrogens with one attached hydrogen (secondary N) is 1. The Kier molecular flexibility index (Phi) is 15.6. The van der Waals surface area contributed by atoms with Crippen molar-refractivity contribution in [2.45, 2.75) is 166 Å². The first-order valence-corrected chi connectivity index (χ1v) is 27.8. The molecule has 4 aliphatic rings. The summed E-state index contributed by atoms with van der Waals surface area (Å²) in [4.78, 5) is 67.1. The minimum absolute atomic E-state index is 0.0994. The van der Waals surface area contributed by atoms with E-state index in [1.807, 2.05) is 36.4 Å². The van der Waals surface area contributed by atoms with E-state index < -0.39 is 124 Å². The predicted octanol–water partition coefficient (Wildman–Crippen LogP) is 6.37. The highest BCUT2D eigenvalue weighted by Gasteiger charge is 2.58. The van der Waals surface area contributed by atoms with Crippen LogP contribution in [0.2, 0.25) is 18.1 Å². The number of ketones is 1. The van der Waals surface area contributed by atoms with Gasteiger partial charge in [-0.1, -0.05) is 81.4 Å². The van der Waals surface area contributed by atoms with Crippen LogP contribution in [0.5, 0.6) is 0 Å². The molecule has 2 aromatic carbocycles. The zero-order valence-electron chi connectivity index (χ0n) is 41.1. The molecule has 1 N–H and O–H groups in total. The molecule has 21 heteroatoms. The summed E-state index contributed by atoms with van der Waals surface area (Å²) in [6, 6.07) is 18.5. The van der Waals surface area contributed by atoms with E-state index in [1.54, 1.807) is 58.9 Å². The molecule has 11 atom stereocenters. The molecule has 0 saturated carbocycles. The number of fused-ring (bicyclic) bond motifs is 2. The average Bonchev–Trinajstić information content (AvgIpc) is 3.75. The maximum atomic E-state index is 15.0. The molecular weight excluding hydrogens is 934 g/mol. The molecule has 0 aliphatic carbocycles. The number of aromatic nitrogens is 2. The minimum atomic E-state index is -4.39. The topological polar surface area (TPSA) is 217 Å². The van der Waals surface area contributed by atoms with Crippen molar-refractivity contribution in [3.05, 3.63) is 105 Å². The van der Waals surface area contributed by atoms with E-state index in [9.17, 15) is 24.0 Å². The van der Waals surface area contributed by atoms with Gasteiger partial charge in [-0.05, 0) is 58.3 Å². The van der Waals surface area contributed by atoms with Crippen molar-refractivity contribution in [1.82, 2.24) is 14.5 Å². The molecular formula is C48H66N3O16PSi. The Hall–Kier alpha value is -4.18. The second kappa shape index (κ2) is 20.5.